The van der Waals surface area contributed by atoms with Crippen LogP contribution in [0, 0.1) is 0 Å². The molecule has 0 fully saturated rings. The number of hydrogen-bond donors (Lipinski definition) is 1. The number of methoxy groups -OCH3 is 1. The van der Waals surface area contributed by atoms with Crippen molar-refractivity contribution < 1.29 is 9.15 Å². The van der Waals surface area contributed by atoms with Gasteiger partial charge in [-0.15, -0.1) is 11.3 Å². The number of thiophene rings is 1. The standard InChI is InChI=1S/C13H17NO2S/c1-3-7-14-12(10-5-4-8-16-10)13-11(15-2)6-9-17-13/h4-6,8-9,12,14H,3,7H2,1-2H3. The predicted octanol–water partition coefficient (Wildman–Crippen LogP) is 3.44. The summed E-state index contributed by atoms with van der Waals surface area (Å²) >= 11 is 1.68. The van der Waals surface area contributed by atoms with Crippen molar-refractivity contribution in [1.29, 1.82) is 0 Å². The lowest BCUT2D eigenvalue weighted by Crippen LogP contribution is -2.22. The Hall–Kier alpha value is -1.26. The SMILES string of the molecule is CCCNC(c1ccco1)c1sccc1OC. The van der Waals surface area contributed by atoms with Crippen molar-refractivity contribution in [3.63, 3.8) is 0 Å². The molecule has 1 unspecified atom stereocenters. The molecule has 0 saturated heterocycles. The summed E-state index contributed by atoms with van der Waals surface area (Å²) < 4.78 is 10.9. The van der Waals surface area contributed by atoms with E-state index in [1.165, 1.54) is 0 Å². The molecule has 4 heteroatoms. The second-order valence-electron chi connectivity index (χ2n) is 3.76. The van der Waals surface area contributed by atoms with Gasteiger partial charge in [0, 0.05) is 0 Å². The molecule has 0 aliphatic carbocycles. The molecule has 0 saturated carbocycles. The first-order valence-corrected chi connectivity index (χ1v) is 6.63. The maximum absolute atomic E-state index is 5.50. The van der Waals surface area contributed by atoms with Crippen molar-refractivity contribution in [1.82, 2.24) is 5.32 Å². The van der Waals surface area contributed by atoms with Crippen LogP contribution < -0.4 is 10.1 Å². The van der Waals surface area contributed by atoms with Crippen LogP contribution in [-0.2, 0) is 0 Å². The van der Waals surface area contributed by atoms with Gasteiger partial charge in [0.25, 0.3) is 0 Å². The second kappa shape index (κ2) is 5.89. The van der Waals surface area contributed by atoms with Crippen molar-refractivity contribution in [3.8, 4) is 5.75 Å². The lowest BCUT2D eigenvalue weighted by Gasteiger charge is -2.16. The molecule has 3 nitrogen and oxygen atoms in total. The van der Waals surface area contributed by atoms with Gasteiger partial charge in [0.2, 0.25) is 0 Å². The van der Waals surface area contributed by atoms with Gasteiger partial charge in [0.1, 0.15) is 17.6 Å². The highest BCUT2D eigenvalue weighted by molar-refractivity contribution is 7.10. The fraction of sp³-hybridized carbons (Fsp3) is 0.385. The summed E-state index contributed by atoms with van der Waals surface area (Å²) in [6.45, 7) is 3.10. The van der Waals surface area contributed by atoms with Crippen LogP contribution >= 0.6 is 11.3 Å². The van der Waals surface area contributed by atoms with Crippen LogP contribution in [0.5, 0.6) is 5.75 Å². The van der Waals surface area contributed by atoms with Gasteiger partial charge >= 0.3 is 0 Å². The molecular weight excluding hydrogens is 234 g/mol. The molecule has 2 heterocycles. The summed E-state index contributed by atoms with van der Waals surface area (Å²) in [5.74, 6) is 1.85. The Labute approximate surface area is 105 Å². The molecule has 0 bridgehead atoms. The van der Waals surface area contributed by atoms with Crippen LogP contribution in [0.3, 0.4) is 0 Å². The van der Waals surface area contributed by atoms with Crippen molar-refractivity contribution in [2.45, 2.75) is 19.4 Å². The summed E-state index contributed by atoms with van der Waals surface area (Å²) in [6.07, 6.45) is 2.79. The number of furan rings is 1. The zero-order chi connectivity index (χ0) is 12.1. The highest BCUT2D eigenvalue weighted by Gasteiger charge is 2.21. The lowest BCUT2D eigenvalue weighted by molar-refractivity contribution is 0.397. The maximum atomic E-state index is 5.50. The summed E-state index contributed by atoms with van der Waals surface area (Å²) in [5, 5.41) is 5.53. The number of nitrogens with one attached hydrogen (secondary N) is 1. The molecular formula is C13H17NO2S. The fourth-order valence-corrected chi connectivity index (χ4v) is 2.70. The summed E-state index contributed by atoms with van der Waals surface area (Å²) in [5.41, 5.74) is 0. The molecule has 1 N–H and O–H groups in total. The first-order chi connectivity index (χ1) is 8.36. The minimum atomic E-state index is 0.0832. The minimum absolute atomic E-state index is 0.0832. The van der Waals surface area contributed by atoms with Gasteiger partial charge < -0.3 is 14.5 Å². The molecule has 0 aliphatic rings. The highest BCUT2D eigenvalue weighted by Crippen LogP contribution is 2.34. The van der Waals surface area contributed by atoms with E-state index in [0.29, 0.717) is 0 Å². The summed E-state index contributed by atoms with van der Waals surface area (Å²) in [6, 6.07) is 5.98. The fourth-order valence-electron chi connectivity index (χ4n) is 1.75. The van der Waals surface area contributed by atoms with E-state index in [9.17, 15) is 0 Å². The molecule has 2 aromatic rings. The van der Waals surface area contributed by atoms with Gasteiger partial charge in [-0.2, -0.15) is 0 Å². The topological polar surface area (TPSA) is 34.4 Å². The van der Waals surface area contributed by atoms with Gasteiger partial charge in [-0.3, -0.25) is 0 Å². The molecule has 0 spiro atoms. The van der Waals surface area contributed by atoms with Crippen LogP contribution in [0.15, 0.2) is 34.3 Å². The molecule has 2 aromatic heterocycles. The van der Waals surface area contributed by atoms with Gasteiger partial charge in [0.05, 0.1) is 18.3 Å². The Morgan fingerprint density at radius 2 is 2.35 bits per heavy atom. The van der Waals surface area contributed by atoms with Crippen molar-refractivity contribution in [2.24, 2.45) is 0 Å². The Kier molecular flexibility index (Phi) is 4.23. The Morgan fingerprint density at radius 3 is 3.00 bits per heavy atom. The Morgan fingerprint density at radius 1 is 1.47 bits per heavy atom. The van der Waals surface area contributed by atoms with Gasteiger partial charge in [-0.05, 0) is 36.5 Å². The molecule has 0 radical (unpaired) electrons. The largest absolute Gasteiger partial charge is 0.496 e. The van der Waals surface area contributed by atoms with Gasteiger partial charge in [-0.25, -0.2) is 0 Å². The summed E-state index contributed by atoms with van der Waals surface area (Å²) in [4.78, 5) is 1.16. The average molecular weight is 251 g/mol. The summed E-state index contributed by atoms with van der Waals surface area (Å²) in [7, 11) is 1.70. The van der Waals surface area contributed by atoms with E-state index < -0.39 is 0 Å². The van der Waals surface area contributed by atoms with E-state index in [-0.39, 0.29) is 6.04 Å². The molecule has 0 amide bonds. The number of ether oxygens (including phenoxy) is 1. The minimum Gasteiger partial charge on any atom is -0.496 e. The van der Waals surface area contributed by atoms with Crippen LogP contribution in [0.4, 0.5) is 0 Å². The van der Waals surface area contributed by atoms with Crippen molar-refractivity contribution >= 4 is 11.3 Å². The molecule has 92 valence electrons. The molecule has 2 rings (SSSR count). The number of hydrogen-bond acceptors (Lipinski definition) is 4. The van der Waals surface area contributed by atoms with Crippen LogP contribution in [-0.4, -0.2) is 13.7 Å². The smallest absolute Gasteiger partial charge is 0.134 e. The van der Waals surface area contributed by atoms with Crippen molar-refractivity contribution in [2.75, 3.05) is 13.7 Å². The highest BCUT2D eigenvalue weighted by atomic mass is 32.1. The second-order valence-corrected chi connectivity index (χ2v) is 4.70. The zero-order valence-electron chi connectivity index (χ0n) is 10.1. The normalized spacial score (nSPS) is 12.6. The monoisotopic (exact) mass is 251 g/mol. The first-order valence-electron chi connectivity index (χ1n) is 5.75. The maximum Gasteiger partial charge on any atom is 0.134 e. The van der Waals surface area contributed by atoms with Gasteiger partial charge in [0.15, 0.2) is 0 Å². The third-order valence-electron chi connectivity index (χ3n) is 2.57. The van der Waals surface area contributed by atoms with E-state index in [4.69, 9.17) is 9.15 Å². The third-order valence-corrected chi connectivity index (χ3v) is 3.53. The molecule has 0 aliphatic heterocycles. The quantitative estimate of drug-likeness (QED) is 0.854. The molecule has 1 atom stereocenters. The Balaban J connectivity index is 2.27. The van der Waals surface area contributed by atoms with Crippen LogP contribution in [0.25, 0.3) is 0 Å². The Bertz CT molecular complexity index is 436. The third kappa shape index (κ3) is 2.70. The first kappa shape index (κ1) is 12.2. The average Bonchev–Trinajstić information content (AvgIpc) is 3.00. The number of rotatable bonds is 6. The van der Waals surface area contributed by atoms with E-state index in [1.54, 1.807) is 24.7 Å². The van der Waals surface area contributed by atoms with E-state index in [2.05, 4.69) is 12.2 Å². The van der Waals surface area contributed by atoms with E-state index in [0.717, 1.165) is 29.4 Å². The molecule has 17 heavy (non-hydrogen) atoms. The van der Waals surface area contributed by atoms with E-state index in [1.807, 2.05) is 23.6 Å². The van der Waals surface area contributed by atoms with E-state index >= 15 is 0 Å². The lowest BCUT2D eigenvalue weighted by atomic mass is 10.1. The zero-order valence-corrected chi connectivity index (χ0v) is 10.9. The van der Waals surface area contributed by atoms with Crippen LogP contribution in [0.1, 0.15) is 30.0 Å². The van der Waals surface area contributed by atoms with Crippen LogP contribution in [0.2, 0.25) is 0 Å². The molecule has 0 aromatic carbocycles. The predicted molar refractivity (Wildman–Crippen MR) is 69.7 cm³/mol. The van der Waals surface area contributed by atoms with Crippen molar-refractivity contribution in [3.05, 3.63) is 40.5 Å². The van der Waals surface area contributed by atoms with Gasteiger partial charge in [-0.1, -0.05) is 6.92 Å².